The van der Waals surface area contributed by atoms with E-state index in [4.69, 9.17) is 11.6 Å². The third-order valence-electron chi connectivity index (χ3n) is 5.16. The van der Waals surface area contributed by atoms with E-state index in [1.165, 1.54) is 0 Å². The second-order valence-electron chi connectivity index (χ2n) is 6.78. The number of hydrogen-bond acceptors (Lipinski definition) is 5. The van der Waals surface area contributed by atoms with Crippen LogP contribution in [0.2, 0.25) is 5.02 Å². The van der Waals surface area contributed by atoms with Gasteiger partial charge in [0.2, 0.25) is 0 Å². The number of nitrogens with zero attached hydrogens (tertiary/aromatic N) is 5. The fraction of sp³-hybridized carbons (Fsp3) is 0.263. The lowest BCUT2D eigenvalue weighted by Gasteiger charge is -2.32. The standard InChI is InChI=1S/C19H18ClN7/c20-14-3-1-12(2-4-14)16-10-21-17(25-16)13-5-7-27(8-6-13)19-15-9-24-26-18(15)22-11-23-19/h1-4,9-11,13H,5-8H2,(H,21,25)(H,22,23,24,26). The molecule has 0 bridgehead atoms. The summed E-state index contributed by atoms with van der Waals surface area (Å²) in [5.41, 5.74) is 2.90. The highest BCUT2D eigenvalue weighted by molar-refractivity contribution is 6.30. The van der Waals surface area contributed by atoms with Gasteiger partial charge in [-0.1, -0.05) is 23.7 Å². The Balaban J connectivity index is 1.31. The van der Waals surface area contributed by atoms with Gasteiger partial charge in [0.15, 0.2) is 5.65 Å². The van der Waals surface area contributed by atoms with Crippen LogP contribution in [-0.4, -0.2) is 43.2 Å². The highest BCUT2D eigenvalue weighted by atomic mass is 35.5. The number of aromatic amines is 2. The maximum Gasteiger partial charge on any atom is 0.160 e. The average molecular weight is 380 g/mol. The minimum atomic E-state index is 0.420. The number of piperidine rings is 1. The number of imidazole rings is 1. The molecule has 1 aromatic carbocycles. The first-order chi connectivity index (χ1) is 13.3. The Bertz CT molecular complexity index is 1060. The molecule has 1 aliphatic rings. The van der Waals surface area contributed by atoms with Crippen LogP contribution < -0.4 is 4.90 Å². The van der Waals surface area contributed by atoms with Gasteiger partial charge in [-0.05, 0) is 30.5 Å². The predicted molar refractivity (Wildman–Crippen MR) is 105 cm³/mol. The van der Waals surface area contributed by atoms with Crippen LogP contribution in [0.25, 0.3) is 22.3 Å². The number of anilines is 1. The Kier molecular flexibility index (Phi) is 4.01. The molecule has 136 valence electrons. The van der Waals surface area contributed by atoms with Crippen molar-refractivity contribution in [2.45, 2.75) is 18.8 Å². The molecule has 4 heterocycles. The molecule has 8 heteroatoms. The summed E-state index contributed by atoms with van der Waals surface area (Å²) in [6, 6.07) is 7.81. The van der Waals surface area contributed by atoms with Crippen LogP contribution in [0.3, 0.4) is 0 Å². The Labute approximate surface area is 160 Å². The Hall–Kier alpha value is -2.93. The van der Waals surface area contributed by atoms with E-state index in [9.17, 15) is 0 Å². The predicted octanol–water partition coefficient (Wildman–Crippen LogP) is 3.78. The third-order valence-corrected chi connectivity index (χ3v) is 5.41. The van der Waals surface area contributed by atoms with Gasteiger partial charge in [-0.3, -0.25) is 5.10 Å². The molecule has 0 aliphatic carbocycles. The largest absolute Gasteiger partial charge is 0.356 e. The first-order valence-electron chi connectivity index (χ1n) is 8.98. The van der Waals surface area contributed by atoms with Crippen molar-refractivity contribution >= 4 is 28.5 Å². The first-order valence-corrected chi connectivity index (χ1v) is 9.35. The molecule has 0 spiro atoms. The molecule has 0 atom stereocenters. The van der Waals surface area contributed by atoms with Crippen molar-refractivity contribution in [3.05, 3.63) is 53.8 Å². The molecule has 0 radical (unpaired) electrons. The first kappa shape index (κ1) is 16.3. The van der Waals surface area contributed by atoms with Crippen molar-refractivity contribution < 1.29 is 0 Å². The minimum Gasteiger partial charge on any atom is -0.356 e. The summed E-state index contributed by atoms with van der Waals surface area (Å²) >= 11 is 5.97. The summed E-state index contributed by atoms with van der Waals surface area (Å²) in [6.45, 7) is 1.86. The number of rotatable bonds is 3. The SMILES string of the molecule is Clc1ccc(-c2cnc(C3CCN(c4ncnc5[nH]ncc45)CC3)[nH]2)cc1. The van der Waals surface area contributed by atoms with Gasteiger partial charge in [0, 0.05) is 24.0 Å². The van der Waals surface area contributed by atoms with Gasteiger partial charge in [0.05, 0.1) is 23.5 Å². The monoisotopic (exact) mass is 379 g/mol. The number of aromatic nitrogens is 6. The van der Waals surface area contributed by atoms with E-state index in [0.717, 1.165) is 64.9 Å². The number of H-pyrrole nitrogens is 2. The summed E-state index contributed by atoms with van der Waals surface area (Å²) in [6.07, 6.45) is 7.34. The van der Waals surface area contributed by atoms with Crippen molar-refractivity contribution in [1.82, 2.24) is 30.1 Å². The van der Waals surface area contributed by atoms with Crippen molar-refractivity contribution in [3.8, 4) is 11.3 Å². The summed E-state index contributed by atoms with van der Waals surface area (Å²) < 4.78 is 0. The van der Waals surface area contributed by atoms with Gasteiger partial charge in [0.1, 0.15) is 18.0 Å². The summed E-state index contributed by atoms with van der Waals surface area (Å²) in [4.78, 5) is 19.1. The molecule has 1 aliphatic heterocycles. The van der Waals surface area contributed by atoms with Gasteiger partial charge in [-0.15, -0.1) is 0 Å². The molecule has 0 saturated carbocycles. The van der Waals surface area contributed by atoms with E-state index in [1.807, 2.05) is 30.5 Å². The van der Waals surface area contributed by atoms with Crippen LogP contribution in [0.15, 0.2) is 43.0 Å². The van der Waals surface area contributed by atoms with Gasteiger partial charge in [-0.25, -0.2) is 15.0 Å². The highest BCUT2D eigenvalue weighted by Crippen LogP contribution is 2.31. The van der Waals surface area contributed by atoms with Gasteiger partial charge < -0.3 is 9.88 Å². The Morgan fingerprint density at radius 1 is 1.00 bits per heavy atom. The van der Waals surface area contributed by atoms with E-state index in [2.05, 4.69) is 35.0 Å². The molecule has 2 N–H and O–H groups in total. The summed E-state index contributed by atoms with van der Waals surface area (Å²) in [7, 11) is 0. The van der Waals surface area contributed by atoms with Crippen molar-refractivity contribution in [1.29, 1.82) is 0 Å². The van der Waals surface area contributed by atoms with E-state index in [1.54, 1.807) is 12.5 Å². The topological polar surface area (TPSA) is 86.4 Å². The summed E-state index contributed by atoms with van der Waals surface area (Å²) in [5.74, 6) is 2.42. The maximum atomic E-state index is 5.97. The van der Waals surface area contributed by atoms with E-state index in [0.29, 0.717) is 5.92 Å². The van der Waals surface area contributed by atoms with Gasteiger partial charge in [-0.2, -0.15) is 5.10 Å². The minimum absolute atomic E-state index is 0.420. The van der Waals surface area contributed by atoms with Crippen molar-refractivity contribution in [2.75, 3.05) is 18.0 Å². The van der Waals surface area contributed by atoms with Crippen LogP contribution in [0.1, 0.15) is 24.6 Å². The molecular formula is C19H18ClN7. The van der Waals surface area contributed by atoms with Crippen LogP contribution in [0.4, 0.5) is 5.82 Å². The molecule has 27 heavy (non-hydrogen) atoms. The maximum absolute atomic E-state index is 5.97. The zero-order valence-corrected chi connectivity index (χ0v) is 15.3. The normalized spacial score (nSPS) is 15.5. The van der Waals surface area contributed by atoms with E-state index < -0.39 is 0 Å². The lowest BCUT2D eigenvalue weighted by atomic mass is 9.96. The molecule has 0 amide bonds. The molecule has 1 fully saturated rings. The Morgan fingerprint density at radius 3 is 2.63 bits per heavy atom. The highest BCUT2D eigenvalue weighted by Gasteiger charge is 2.25. The zero-order valence-electron chi connectivity index (χ0n) is 14.6. The van der Waals surface area contributed by atoms with Crippen molar-refractivity contribution in [2.24, 2.45) is 0 Å². The van der Waals surface area contributed by atoms with E-state index in [-0.39, 0.29) is 0 Å². The molecule has 4 aromatic rings. The number of benzene rings is 1. The quantitative estimate of drug-likeness (QED) is 0.565. The summed E-state index contributed by atoms with van der Waals surface area (Å²) in [5, 5.41) is 8.69. The molecule has 1 saturated heterocycles. The fourth-order valence-corrected chi connectivity index (χ4v) is 3.82. The Morgan fingerprint density at radius 2 is 1.81 bits per heavy atom. The molecule has 5 rings (SSSR count). The number of nitrogens with one attached hydrogen (secondary N) is 2. The lowest BCUT2D eigenvalue weighted by molar-refractivity contribution is 0.487. The van der Waals surface area contributed by atoms with Crippen molar-refractivity contribution in [3.63, 3.8) is 0 Å². The molecule has 3 aromatic heterocycles. The second-order valence-corrected chi connectivity index (χ2v) is 7.22. The number of halogens is 1. The third kappa shape index (κ3) is 3.04. The fourth-order valence-electron chi connectivity index (χ4n) is 3.69. The second kappa shape index (κ2) is 6.66. The zero-order chi connectivity index (χ0) is 18.2. The van der Waals surface area contributed by atoms with Crippen LogP contribution in [-0.2, 0) is 0 Å². The molecular weight excluding hydrogens is 362 g/mol. The van der Waals surface area contributed by atoms with Crippen LogP contribution >= 0.6 is 11.6 Å². The van der Waals surface area contributed by atoms with E-state index >= 15 is 0 Å². The van der Waals surface area contributed by atoms with Crippen LogP contribution in [0.5, 0.6) is 0 Å². The van der Waals surface area contributed by atoms with Gasteiger partial charge >= 0.3 is 0 Å². The van der Waals surface area contributed by atoms with Gasteiger partial charge in [0.25, 0.3) is 0 Å². The smallest absolute Gasteiger partial charge is 0.160 e. The molecule has 0 unspecified atom stereocenters. The molecule has 7 nitrogen and oxygen atoms in total. The number of fused-ring (bicyclic) bond motifs is 1. The number of hydrogen-bond donors (Lipinski definition) is 2. The van der Waals surface area contributed by atoms with Crippen LogP contribution in [0, 0.1) is 0 Å². The lowest BCUT2D eigenvalue weighted by Crippen LogP contribution is -2.33. The average Bonchev–Trinajstić information content (AvgIpc) is 3.38.